The molecule has 0 heterocycles. The van der Waals surface area contributed by atoms with Crippen LogP contribution in [0.25, 0.3) is 0 Å². The Hall–Kier alpha value is -0.970. The molecular weight excluding hydrogens is 246 g/mol. The highest BCUT2D eigenvalue weighted by Crippen LogP contribution is 2.23. The van der Waals surface area contributed by atoms with E-state index in [1.807, 2.05) is 0 Å². The van der Waals surface area contributed by atoms with Crippen molar-refractivity contribution in [1.82, 2.24) is 0 Å². The lowest BCUT2D eigenvalue weighted by molar-refractivity contribution is 0.0593. The third-order valence-corrected chi connectivity index (χ3v) is 2.21. The maximum atomic E-state index is 13.0. The molecule has 0 unspecified atom stereocenters. The molecule has 0 bridgehead atoms. The van der Waals surface area contributed by atoms with E-state index >= 15 is 0 Å². The molecule has 0 aromatic heterocycles. The third kappa shape index (κ3) is 1.85. The van der Waals surface area contributed by atoms with E-state index in [0.717, 1.165) is 19.2 Å². The molecule has 0 aliphatic rings. The van der Waals surface area contributed by atoms with Gasteiger partial charge >= 0.3 is 5.97 Å². The Bertz CT molecular complexity index is 352. The molecule has 0 radical (unpaired) electrons. The fourth-order valence-corrected chi connectivity index (χ4v) is 1.30. The van der Waals surface area contributed by atoms with Crippen molar-refractivity contribution in [1.29, 1.82) is 0 Å². The van der Waals surface area contributed by atoms with Gasteiger partial charge in [-0.25, -0.2) is 13.6 Å². The smallest absolute Gasteiger partial charge is 0.342 e. The van der Waals surface area contributed by atoms with Gasteiger partial charge in [-0.1, -0.05) is 0 Å². The van der Waals surface area contributed by atoms with Crippen molar-refractivity contribution in [3.05, 3.63) is 33.8 Å². The van der Waals surface area contributed by atoms with Crippen LogP contribution in [-0.4, -0.2) is 13.1 Å². The second kappa shape index (κ2) is 3.83. The molecule has 1 aromatic carbocycles. The first-order valence-electron chi connectivity index (χ1n) is 3.29. The zero-order valence-electron chi connectivity index (χ0n) is 6.61. The number of benzene rings is 1. The lowest BCUT2D eigenvalue weighted by Gasteiger charge is -2.03. The predicted octanol–water partition coefficient (Wildman–Crippen LogP) is 2.51. The number of carbonyl (C=O) groups is 1. The highest BCUT2D eigenvalue weighted by Gasteiger charge is 2.18. The molecule has 0 saturated heterocycles. The van der Waals surface area contributed by atoms with Crippen LogP contribution in [0.1, 0.15) is 10.4 Å². The number of carbonyl (C=O) groups excluding carboxylic acids is 1. The highest BCUT2D eigenvalue weighted by molar-refractivity contribution is 9.10. The summed E-state index contributed by atoms with van der Waals surface area (Å²) in [5.41, 5.74) is -0.428. The molecule has 0 atom stereocenters. The molecule has 0 fully saturated rings. The van der Waals surface area contributed by atoms with Gasteiger partial charge < -0.3 is 4.74 Å². The fourth-order valence-electron chi connectivity index (χ4n) is 0.816. The SMILES string of the molecule is COC(=O)c1c(F)ccc(F)c1Br. The monoisotopic (exact) mass is 250 g/mol. The van der Waals surface area contributed by atoms with E-state index in [-0.39, 0.29) is 4.47 Å². The second-order valence-corrected chi connectivity index (χ2v) is 3.00. The standard InChI is InChI=1S/C8H5BrF2O2/c1-13-8(12)6-4(10)2-3-5(11)7(6)9/h2-3H,1H3. The van der Waals surface area contributed by atoms with Crippen LogP contribution in [0.15, 0.2) is 16.6 Å². The van der Waals surface area contributed by atoms with Gasteiger partial charge in [0.1, 0.15) is 17.2 Å². The van der Waals surface area contributed by atoms with Gasteiger partial charge in [-0.2, -0.15) is 0 Å². The Kier molecular flexibility index (Phi) is 2.98. The number of ether oxygens (including phenoxy) is 1. The summed E-state index contributed by atoms with van der Waals surface area (Å²) in [6, 6.07) is 1.79. The first-order valence-corrected chi connectivity index (χ1v) is 4.09. The molecule has 1 rings (SSSR count). The Balaban J connectivity index is 3.33. The molecule has 0 aliphatic carbocycles. The molecular formula is C8H5BrF2O2. The number of hydrogen-bond acceptors (Lipinski definition) is 2. The number of rotatable bonds is 1. The van der Waals surface area contributed by atoms with Crippen LogP contribution in [0.4, 0.5) is 8.78 Å². The first-order chi connectivity index (χ1) is 6.07. The molecule has 0 saturated carbocycles. The van der Waals surface area contributed by atoms with Gasteiger partial charge in [0.15, 0.2) is 0 Å². The van der Waals surface area contributed by atoms with Gasteiger partial charge in [0, 0.05) is 0 Å². The average Bonchev–Trinajstić information content (AvgIpc) is 2.12. The molecule has 2 nitrogen and oxygen atoms in total. The van der Waals surface area contributed by atoms with Gasteiger partial charge in [0.25, 0.3) is 0 Å². The van der Waals surface area contributed by atoms with E-state index in [4.69, 9.17) is 0 Å². The fraction of sp³-hybridized carbons (Fsp3) is 0.125. The molecule has 0 spiro atoms. The molecule has 1 aromatic rings. The highest BCUT2D eigenvalue weighted by atomic mass is 79.9. The predicted molar refractivity (Wildman–Crippen MR) is 45.4 cm³/mol. The van der Waals surface area contributed by atoms with Gasteiger partial charge in [0.05, 0.1) is 11.6 Å². The molecule has 0 aliphatic heterocycles. The summed E-state index contributed by atoms with van der Waals surface area (Å²) in [5, 5.41) is 0. The first kappa shape index (κ1) is 10.1. The van der Waals surface area contributed by atoms with Crippen molar-refractivity contribution >= 4 is 21.9 Å². The Morgan fingerprint density at radius 3 is 2.46 bits per heavy atom. The minimum atomic E-state index is -0.913. The zero-order valence-corrected chi connectivity index (χ0v) is 8.19. The van der Waals surface area contributed by atoms with Crippen molar-refractivity contribution in [3.8, 4) is 0 Å². The summed E-state index contributed by atoms with van der Waals surface area (Å²) < 4.78 is 29.9. The van der Waals surface area contributed by atoms with E-state index in [0.29, 0.717) is 0 Å². The minimum Gasteiger partial charge on any atom is -0.465 e. The molecule has 70 valence electrons. The van der Waals surface area contributed by atoms with Gasteiger partial charge in [-0.15, -0.1) is 0 Å². The normalized spacial score (nSPS) is 9.85. The van der Waals surface area contributed by atoms with Crippen molar-refractivity contribution < 1.29 is 18.3 Å². The summed E-state index contributed by atoms with van der Waals surface area (Å²) in [6.07, 6.45) is 0. The van der Waals surface area contributed by atoms with E-state index in [1.54, 1.807) is 0 Å². The number of halogens is 3. The van der Waals surface area contributed by atoms with Crippen LogP contribution in [0.3, 0.4) is 0 Å². The lowest BCUT2D eigenvalue weighted by Crippen LogP contribution is -2.06. The zero-order chi connectivity index (χ0) is 10.0. The van der Waals surface area contributed by atoms with Crippen molar-refractivity contribution in [2.75, 3.05) is 7.11 Å². The quantitative estimate of drug-likeness (QED) is 0.566. The average molecular weight is 251 g/mol. The molecule has 5 heteroatoms. The van der Waals surface area contributed by atoms with Crippen LogP contribution in [-0.2, 0) is 4.74 Å². The second-order valence-electron chi connectivity index (χ2n) is 2.21. The van der Waals surface area contributed by atoms with Crippen LogP contribution in [0.5, 0.6) is 0 Å². The van der Waals surface area contributed by atoms with Crippen molar-refractivity contribution in [2.45, 2.75) is 0 Å². The van der Waals surface area contributed by atoms with Crippen LogP contribution >= 0.6 is 15.9 Å². The minimum absolute atomic E-state index is 0.223. The Morgan fingerprint density at radius 2 is 1.92 bits per heavy atom. The molecule has 0 N–H and O–H groups in total. The number of methoxy groups -OCH3 is 1. The Labute approximate surface area is 81.6 Å². The third-order valence-electron chi connectivity index (χ3n) is 1.43. The maximum absolute atomic E-state index is 13.0. The van der Waals surface area contributed by atoms with E-state index in [2.05, 4.69) is 20.7 Å². The molecule has 13 heavy (non-hydrogen) atoms. The van der Waals surface area contributed by atoms with E-state index < -0.39 is 23.2 Å². The van der Waals surface area contributed by atoms with Crippen molar-refractivity contribution in [3.63, 3.8) is 0 Å². The summed E-state index contributed by atoms with van der Waals surface area (Å²) >= 11 is 2.76. The van der Waals surface area contributed by atoms with E-state index in [1.165, 1.54) is 0 Å². The largest absolute Gasteiger partial charge is 0.465 e. The Morgan fingerprint density at radius 1 is 1.38 bits per heavy atom. The topological polar surface area (TPSA) is 26.3 Å². The van der Waals surface area contributed by atoms with Crippen molar-refractivity contribution in [2.24, 2.45) is 0 Å². The summed E-state index contributed by atoms with van der Waals surface area (Å²) in [6.45, 7) is 0. The van der Waals surface area contributed by atoms with Crippen LogP contribution < -0.4 is 0 Å². The van der Waals surface area contributed by atoms with Gasteiger partial charge in [-0.05, 0) is 28.1 Å². The van der Waals surface area contributed by atoms with E-state index in [9.17, 15) is 13.6 Å². The lowest BCUT2D eigenvalue weighted by atomic mass is 10.2. The summed E-state index contributed by atoms with van der Waals surface area (Å²) in [7, 11) is 1.10. The number of hydrogen-bond donors (Lipinski definition) is 0. The van der Waals surface area contributed by atoms with Gasteiger partial charge in [0.2, 0.25) is 0 Å². The van der Waals surface area contributed by atoms with Gasteiger partial charge in [-0.3, -0.25) is 0 Å². The van der Waals surface area contributed by atoms with Crippen LogP contribution in [0.2, 0.25) is 0 Å². The summed E-state index contributed by atoms with van der Waals surface area (Å²) in [5.74, 6) is -2.44. The maximum Gasteiger partial charge on any atom is 0.342 e. The molecule has 0 amide bonds. The van der Waals surface area contributed by atoms with Crippen LogP contribution in [0, 0.1) is 11.6 Å². The number of esters is 1. The summed E-state index contributed by atoms with van der Waals surface area (Å²) in [4.78, 5) is 10.9.